The molecule has 1 amide bonds. The number of aromatic nitrogens is 1. The lowest BCUT2D eigenvalue weighted by Crippen LogP contribution is -2.28. The SMILES string of the molecule is CC(O)CC(C)CNC(=O)C=Cc1ccc2ccccc2n1. The molecule has 0 aliphatic heterocycles. The summed E-state index contributed by atoms with van der Waals surface area (Å²) in [6.45, 7) is 4.31. The first-order valence-electron chi connectivity index (χ1n) is 7.54. The number of amides is 1. The first-order chi connectivity index (χ1) is 10.5. The van der Waals surface area contributed by atoms with Gasteiger partial charge in [-0.3, -0.25) is 4.79 Å². The highest BCUT2D eigenvalue weighted by Crippen LogP contribution is 2.12. The molecule has 0 aliphatic carbocycles. The highest BCUT2D eigenvalue weighted by Gasteiger charge is 2.06. The van der Waals surface area contributed by atoms with Gasteiger partial charge in [0.25, 0.3) is 0 Å². The molecule has 0 saturated carbocycles. The van der Waals surface area contributed by atoms with Crippen LogP contribution in [0, 0.1) is 5.92 Å². The van der Waals surface area contributed by atoms with Crippen LogP contribution in [-0.4, -0.2) is 28.6 Å². The summed E-state index contributed by atoms with van der Waals surface area (Å²) in [5.74, 6) is 0.101. The molecule has 4 nitrogen and oxygen atoms in total. The van der Waals surface area contributed by atoms with Crippen molar-refractivity contribution in [2.75, 3.05) is 6.54 Å². The highest BCUT2D eigenvalue weighted by atomic mass is 16.3. The topological polar surface area (TPSA) is 62.2 Å². The third-order valence-electron chi connectivity index (χ3n) is 3.39. The summed E-state index contributed by atoms with van der Waals surface area (Å²) < 4.78 is 0. The van der Waals surface area contributed by atoms with E-state index in [9.17, 15) is 9.90 Å². The number of fused-ring (bicyclic) bond motifs is 1. The maximum absolute atomic E-state index is 11.8. The summed E-state index contributed by atoms with van der Waals surface area (Å²) in [6, 6.07) is 11.8. The van der Waals surface area contributed by atoms with Crippen molar-refractivity contribution in [2.45, 2.75) is 26.4 Å². The average Bonchev–Trinajstić information content (AvgIpc) is 2.50. The van der Waals surface area contributed by atoms with Crippen molar-refractivity contribution in [3.8, 4) is 0 Å². The maximum atomic E-state index is 11.8. The summed E-state index contributed by atoms with van der Waals surface area (Å²) in [5, 5.41) is 13.2. The van der Waals surface area contributed by atoms with Gasteiger partial charge in [0.1, 0.15) is 0 Å². The second-order valence-corrected chi connectivity index (χ2v) is 5.70. The molecule has 2 aromatic rings. The van der Waals surface area contributed by atoms with Crippen LogP contribution in [0.3, 0.4) is 0 Å². The van der Waals surface area contributed by atoms with Crippen LogP contribution in [0.25, 0.3) is 17.0 Å². The molecule has 0 spiro atoms. The zero-order valence-electron chi connectivity index (χ0n) is 13.0. The number of carbonyl (C=O) groups excluding carboxylic acids is 1. The highest BCUT2D eigenvalue weighted by molar-refractivity contribution is 5.91. The summed E-state index contributed by atoms with van der Waals surface area (Å²) in [7, 11) is 0. The molecule has 0 saturated heterocycles. The largest absolute Gasteiger partial charge is 0.393 e. The molecular weight excluding hydrogens is 276 g/mol. The smallest absolute Gasteiger partial charge is 0.244 e. The lowest BCUT2D eigenvalue weighted by atomic mass is 10.0. The van der Waals surface area contributed by atoms with Crippen LogP contribution < -0.4 is 5.32 Å². The van der Waals surface area contributed by atoms with Crippen LogP contribution in [0.5, 0.6) is 0 Å². The van der Waals surface area contributed by atoms with Crippen LogP contribution in [0.4, 0.5) is 0 Å². The van der Waals surface area contributed by atoms with Gasteiger partial charge >= 0.3 is 0 Å². The van der Waals surface area contributed by atoms with Crippen molar-refractivity contribution < 1.29 is 9.90 Å². The van der Waals surface area contributed by atoms with E-state index in [1.54, 1.807) is 13.0 Å². The molecule has 0 radical (unpaired) electrons. The van der Waals surface area contributed by atoms with E-state index >= 15 is 0 Å². The van der Waals surface area contributed by atoms with Crippen molar-refractivity contribution in [2.24, 2.45) is 5.92 Å². The molecule has 2 atom stereocenters. The molecule has 2 N–H and O–H groups in total. The number of nitrogens with one attached hydrogen (secondary N) is 1. The summed E-state index contributed by atoms with van der Waals surface area (Å²) in [5.41, 5.74) is 1.67. The molecule has 1 aromatic heterocycles. The predicted molar refractivity (Wildman–Crippen MR) is 89.2 cm³/mol. The van der Waals surface area contributed by atoms with E-state index in [0.717, 1.165) is 16.6 Å². The Balaban J connectivity index is 1.91. The number of hydrogen-bond donors (Lipinski definition) is 2. The fraction of sp³-hybridized carbons (Fsp3) is 0.333. The van der Waals surface area contributed by atoms with E-state index in [2.05, 4.69) is 10.3 Å². The normalized spacial score (nSPS) is 14.1. The first kappa shape index (κ1) is 16.2. The number of carbonyl (C=O) groups is 1. The van der Waals surface area contributed by atoms with Crippen LogP contribution in [0.2, 0.25) is 0 Å². The van der Waals surface area contributed by atoms with E-state index in [1.807, 2.05) is 43.3 Å². The molecule has 2 unspecified atom stereocenters. The molecule has 22 heavy (non-hydrogen) atoms. The zero-order valence-corrected chi connectivity index (χ0v) is 13.0. The van der Waals surface area contributed by atoms with Gasteiger partial charge in [0.15, 0.2) is 0 Å². The van der Waals surface area contributed by atoms with Crippen LogP contribution in [0.15, 0.2) is 42.5 Å². The van der Waals surface area contributed by atoms with Gasteiger partial charge in [0.05, 0.1) is 17.3 Å². The van der Waals surface area contributed by atoms with E-state index < -0.39 is 0 Å². The van der Waals surface area contributed by atoms with Gasteiger partial charge in [0, 0.05) is 18.0 Å². The minimum absolute atomic E-state index is 0.146. The van der Waals surface area contributed by atoms with Crippen molar-refractivity contribution >= 4 is 22.9 Å². The summed E-state index contributed by atoms with van der Waals surface area (Å²) in [6.07, 6.45) is 3.54. The Hall–Kier alpha value is -2.20. The molecule has 0 aliphatic rings. The van der Waals surface area contributed by atoms with Gasteiger partial charge in [-0.25, -0.2) is 4.98 Å². The van der Waals surface area contributed by atoms with Gasteiger partial charge in [-0.2, -0.15) is 0 Å². The predicted octanol–water partition coefficient (Wildman–Crippen LogP) is 2.77. The number of para-hydroxylation sites is 1. The standard InChI is InChI=1S/C18H22N2O2/c1-13(11-14(2)21)12-19-18(22)10-9-16-8-7-15-5-3-4-6-17(15)20-16/h3-10,13-14,21H,11-12H2,1-2H3,(H,19,22). The van der Waals surface area contributed by atoms with Gasteiger partial charge < -0.3 is 10.4 Å². The van der Waals surface area contributed by atoms with E-state index in [4.69, 9.17) is 0 Å². The quantitative estimate of drug-likeness (QED) is 0.806. The minimum atomic E-state index is -0.343. The van der Waals surface area contributed by atoms with Crippen LogP contribution in [0.1, 0.15) is 26.0 Å². The molecule has 0 bridgehead atoms. The number of pyridine rings is 1. The zero-order chi connectivity index (χ0) is 15.9. The number of benzene rings is 1. The Morgan fingerprint density at radius 3 is 2.82 bits per heavy atom. The minimum Gasteiger partial charge on any atom is -0.393 e. The fourth-order valence-electron chi connectivity index (χ4n) is 2.34. The number of nitrogens with zero attached hydrogens (tertiary/aromatic N) is 1. The van der Waals surface area contributed by atoms with Gasteiger partial charge in [-0.15, -0.1) is 0 Å². The average molecular weight is 298 g/mol. The molecule has 0 fully saturated rings. The second kappa shape index (κ2) is 7.71. The summed E-state index contributed by atoms with van der Waals surface area (Å²) in [4.78, 5) is 16.3. The van der Waals surface area contributed by atoms with E-state index in [1.165, 1.54) is 6.08 Å². The Morgan fingerprint density at radius 2 is 2.05 bits per heavy atom. The Morgan fingerprint density at radius 1 is 1.27 bits per heavy atom. The number of aliphatic hydroxyl groups excluding tert-OH is 1. The van der Waals surface area contributed by atoms with Gasteiger partial charge in [0.2, 0.25) is 5.91 Å². The van der Waals surface area contributed by atoms with E-state index in [0.29, 0.717) is 13.0 Å². The van der Waals surface area contributed by atoms with Crippen molar-refractivity contribution in [1.29, 1.82) is 0 Å². The molecule has 1 heterocycles. The van der Waals surface area contributed by atoms with Gasteiger partial charge in [-0.05, 0) is 37.5 Å². The van der Waals surface area contributed by atoms with Crippen molar-refractivity contribution in [3.63, 3.8) is 0 Å². The molecular formula is C18H22N2O2. The van der Waals surface area contributed by atoms with Crippen molar-refractivity contribution in [3.05, 3.63) is 48.2 Å². The third kappa shape index (κ3) is 4.97. The van der Waals surface area contributed by atoms with Crippen molar-refractivity contribution in [1.82, 2.24) is 10.3 Å². The maximum Gasteiger partial charge on any atom is 0.244 e. The van der Waals surface area contributed by atoms with Crippen LogP contribution >= 0.6 is 0 Å². The lowest BCUT2D eigenvalue weighted by molar-refractivity contribution is -0.116. The van der Waals surface area contributed by atoms with Gasteiger partial charge in [-0.1, -0.05) is 31.2 Å². The third-order valence-corrected chi connectivity index (χ3v) is 3.39. The monoisotopic (exact) mass is 298 g/mol. The second-order valence-electron chi connectivity index (χ2n) is 5.70. The Bertz CT molecular complexity index is 665. The Kier molecular flexibility index (Phi) is 5.67. The summed E-state index contributed by atoms with van der Waals surface area (Å²) >= 11 is 0. The fourth-order valence-corrected chi connectivity index (χ4v) is 2.34. The number of rotatable bonds is 6. The lowest BCUT2D eigenvalue weighted by Gasteiger charge is -2.13. The molecule has 116 valence electrons. The number of aliphatic hydroxyl groups is 1. The Labute approximate surface area is 130 Å². The van der Waals surface area contributed by atoms with E-state index in [-0.39, 0.29) is 17.9 Å². The van der Waals surface area contributed by atoms with Crippen LogP contribution in [-0.2, 0) is 4.79 Å². The molecule has 4 heteroatoms. The molecule has 1 aromatic carbocycles. The number of hydrogen-bond acceptors (Lipinski definition) is 3. The first-order valence-corrected chi connectivity index (χ1v) is 7.54. The molecule has 2 rings (SSSR count).